The monoisotopic (exact) mass is 490 g/mol. The molecule has 1 aromatic heterocycles. The quantitative estimate of drug-likeness (QED) is 0.327. The Kier molecular flexibility index (Phi) is 5.86. The van der Waals surface area contributed by atoms with Crippen LogP contribution in [0.25, 0.3) is 32.9 Å². The van der Waals surface area contributed by atoms with Crippen molar-refractivity contribution in [2.75, 3.05) is 13.4 Å². The number of hydrogen-bond acceptors (Lipinski definition) is 6. The standard InChI is InChI=1S/C30H22N2O5/c33-29(31-16-19-12-13-27-28(14-19)37-18-36-27)17-35-30(34)24-15-26(32-25-11-4-3-9-23(24)25)22-10-5-7-20-6-1-2-8-21(20)22/h1-15H,16-18H2,(H,31,33). The van der Waals surface area contributed by atoms with Gasteiger partial charge < -0.3 is 19.5 Å². The summed E-state index contributed by atoms with van der Waals surface area (Å²) in [4.78, 5) is 30.4. The molecule has 4 aromatic carbocycles. The fourth-order valence-corrected chi connectivity index (χ4v) is 4.44. The van der Waals surface area contributed by atoms with Gasteiger partial charge in [-0.15, -0.1) is 0 Å². The number of pyridine rings is 1. The van der Waals surface area contributed by atoms with Gasteiger partial charge in [-0.05, 0) is 40.6 Å². The highest BCUT2D eigenvalue weighted by Gasteiger charge is 2.18. The first-order chi connectivity index (χ1) is 18.2. The fraction of sp³-hybridized carbons (Fsp3) is 0.100. The van der Waals surface area contributed by atoms with E-state index in [1.807, 2.05) is 78.9 Å². The van der Waals surface area contributed by atoms with E-state index in [2.05, 4.69) is 5.32 Å². The van der Waals surface area contributed by atoms with Gasteiger partial charge in [-0.3, -0.25) is 4.79 Å². The molecule has 1 aliphatic heterocycles. The molecular formula is C30H22N2O5. The lowest BCUT2D eigenvalue weighted by atomic mass is 9.99. The molecule has 5 aromatic rings. The number of nitrogens with zero attached hydrogens (tertiary/aromatic N) is 1. The maximum Gasteiger partial charge on any atom is 0.339 e. The summed E-state index contributed by atoms with van der Waals surface area (Å²) >= 11 is 0. The van der Waals surface area contributed by atoms with E-state index in [1.165, 1.54) is 0 Å². The third-order valence-electron chi connectivity index (χ3n) is 6.26. The molecule has 6 rings (SSSR count). The van der Waals surface area contributed by atoms with Crippen molar-refractivity contribution in [1.82, 2.24) is 10.3 Å². The summed E-state index contributed by atoms with van der Waals surface area (Å²) in [5.74, 6) is 0.332. The molecule has 0 fully saturated rings. The average molecular weight is 491 g/mol. The lowest BCUT2D eigenvalue weighted by molar-refractivity contribution is -0.124. The van der Waals surface area contributed by atoms with E-state index in [0.29, 0.717) is 33.7 Å². The number of benzene rings is 4. The van der Waals surface area contributed by atoms with Crippen LogP contribution >= 0.6 is 0 Å². The molecule has 2 heterocycles. The molecule has 0 bridgehead atoms. The van der Waals surface area contributed by atoms with Crippen LogP contribution in [0.5, 0.6) is 11.5 Å². The van der Waals surface area contributed by atoms with E-state index >= 15 is 0 Å². The fourth-order valence-electron chi connectivity index (χ4n) is 4.44. The van der Waals surface area contributed by atoms with Crippen molar-refractivity contribution in [3.8, 4) is 22.8 Å². The Hall–Kier alpha value is -4.91. The van der Waals surface area contributed by atoms with Gasteiger partial charge in [-0.2, -0.15) is 0 Å². The lowest BCUT2D eigenvalue weighted by Gasteiger charge is -2.12. The molecule has 1 amide bonds. The first-order valence-corrected chi connectivity index (χ1v) is 11.9. The number of para-hydroxylation sites is 1. The number of amides is 1. The average Bonchev–Trinajstić information content (AvgIpc) is 3.42. The second-order valence-corrected chi connectivity index (χ2v) is 8.64. The van der Waals surface area contributed by atoms with Gasteiger partial charge in [-0.1, -0.05) is 66.7 Å². The molecule has 0 spiro atoms. The predicted molar refractivity (Wildman–Crippen MR) is 139 cm³/mol. The van der Waals surface area contributed by atoms with E-state index in [0.717, 1.165) is 21.9 Å². The molecule has 0 atom stereocenters. The van der Waals surface area contributed by atoms with E-state index < -0.39 is 18.5 Å². The van der Waals surface area contributed by atoms with Gasteiger partial charge in [0, 0.05) is 17.5 Å². The van der Waals surface area contributed by atoms with Crippen LogP contribution in [0.15, 0.2) is 91.0 Å². The van der Waals surface area contributed by atoms with Crippen LogP contribution in [-0.4, -0.2) is 30.3 Å². The summed E-state index contributed by atoms with van der Waals surface area (Å²) in [6.45, 7) is 0.0626. The van der Waals surface area contributed by atoms with Gasteiger partial charge in [0.1, 0.15) is 0 Å². The number of fused-ring (bicyclic) bond motifs is 3. The number of carbonyl (C=O) groups is 2. The smallest absolute Gasteiger partial charge is 0.339 e. The number of carbonyl (C=O) groups excluding carboxylic acids is 2. The van der Waals surface area contributed by atoms with Gasteiger partial charge >= 0.3 is 5.97 Å². The number of esters is 1. The highest BCUT2D eigenvalue weighted by atomic mass is 16.7. The van der Waals surface area contributed by atoms with Gasteiger partial charge in [0.25, 0.3) is 5.91 Å². The molecule has 7 nitrogen and oxygen atoms in total. The topological polar surface area (TPSA) is 86.8 Å². The number of rotatable bonds is 6. The lowest BCUT2D eigenvalue weighted by Crippen LogP contribution is -2.28. The molecule has 0 unspecified atom stereocenters. The van der Waals surface area contributed by atoms with Crippen LogP contribution in [0.2, 0.25) is 0 Å². The van der Waals surface area contributed by atoms with Crippen LogP contribution in [0.1, 0.15) is 15.9 Å². The zero-order valence-electron chi connectivity index (χ0n) is 19.8. The first-order valence-electron chi connectivity index (χ1n) is 11.9. The van der Waals surface area contributed by atoms with E-state index in [4.69, 9.17) is 19.2 Å². The maximum absolute atomic E-state index is 13.2. The number of ether oxygens (including phenoxy) is 3. The Labute approximate surface area is 212 Å². The van der Waals surface area contributed by atoms with Gasteiger partial charge in [0.05, 0.1) is 16.8 Å². The second kappa shape index (κ2) is 9.62. The van der Waals surface area contributed by atoms with Crippen molar-refractivity contribution in [3.05, 3.63) is 102 Å². The predicted octanol–water partition coefficient (Wildman–Crippen LogP) is 5.26. The summed E-state index contributed by atoms with van der Waals surface area (Å²) in [5.41, 5.74) is 3.46. The molecule has 7 heteroatoms. The minimum atomic E-state index is -0.585. The van der Waals surface area contributed by atoms with Gasteiger partial charge in [0.2, 0.25) is 6.79 Å². The van der Waals surface area contributed by atoms with Crippen LogP contribution in [0.4, 0.5) is 0 Å². The second-order valence-electron chi connectivity index (χ2n) is 8.64. The molecule has 0 saturated heterocycles. The summed E-state index contributed by atoms with van der Waals surface area (Å²) in [6, 6.07) is 28.6. The SMILES string of the molecule is O=C(COC(=O)c1cc(-c2cccc3ccccc23)nc2ccccc12)NCc1ccc2c(c1)OCO2. The molecule has 0 radical (unpaired) electrons. The van der Waals surface area contributed by atoms with Crippen molar-refractivity contribution in [3.63, 3.8) is 0 Å². The normalized spacial score (nSPS) is 12.0. The van der Waals surface area contributed by atoms with Crippen molar-refractivity contribution in [2.45, 2.75) is 6.54 Å². The Morgan fingerprint density at radius 1 is 0.838 bits per heavy atom. The van der Waals surface area contributed by atoms with Crippen LogP contribution in [0.3, 0.4) is 0 Å². The minimum Gasteiger partial charge on any atom is -0.454 e. The Morgan fingerprint density at radius 2 is 1.62 bits per heavy atom. The Balaban J connectivity index is 1.21. The molecule has 182 valence electrons. The third-order valence-corrected chi connectivity index (χ3v) is 6.26. The zero-order chi connectivity index (χ0) is 25.2. The molecule has 0 saturated carbocycles. The minimum absolute atomic E-state index is 0.187. The van der Waals surface area contributed by atoms with E-state index in [9.17, 15) is 9.59 Å². The number of aromatic nitrogens is 1. The number of hydrogen-bond donors (Lipinski definition) is 1. The maximum atomic E-state index is 13.2. The highest BCUT2D eigenvalue weighted by Crippen LogP contribution is 2.33. The van der Waals surface area contributed by atoms with Crippen molar-refractivity contribution in [2.24, 2.45) is 0 Å². The summed E-state index contributed by atoms with van der Waals surface area (Å²) in [5, 5.41) is 5.55. The van der Waals surface area contributed by atoms with E-state index in [1.54, 1.807) is 12.1 Å². The van der Waals surface area contributed by atoms with E-state index in [-0.39, 0.29) is 13.3 Å². The summed E-state index contributed by atoms with van der Waals surface area (Å²) in [6.07, 6.45) is 0. The Morgan fingerprint density at radius 3 is 2.54 bits per heavy atom. The molecule has 1 aliphatic rings. The van der Waals surface area contributed by atoms with Gasteiger partial charge in [0.15, 0.2) is 18.1 Å². The third kappa shape index (κ3) is 4.54. The van der Waals surface area contributed by atoms with Crippen molar-refractivity contribution >= 4 is 33.6 Å². The first kappa shape index (κ1) is 22.5. The zero-order valence-corrected chi connectivity index (χ0v) is 19.8. The van der Waals surface area contributed by atoms with Crippen LogP contribution < -0.4 is 14.8 Å². The van der Waals surface area contributed by atoms with Crippen LogP contribution in [0, 0.1) is 0 Å². The van der Waals surface area contributed by atoms with Gasteiger partial charge in [-0.25, -0.2) is 9.78 Å². The molecule has 1 N–H and O–H groups in total. The molecule has 0 aliphatic carbocycles. The van der Waals surface area contributed by atoms with Crippen molar-refractivity contribution < 1.29 is 23.8 Å². The molecular weight excluding hydrogens is 468 g/mol. The largest absolute Gasteiger partial charge is 0.454 e. The highest BCUT2D eigenvalue weighted by molar-refractivity contribution is 6.06. The van der Waals surface area contributed by atoms with Crippen LogP contribution in [-0.2, 0) is 16.1 Å². The molecule has 37 heavy (non-hydrogen) atoms. The van der Waals surface area contributed by atoms with Crippen molar-refractivity contribution in [1.29, 1.82) is 0 Å². The number of nitrogens with one attached hydrogen (secondary N) is 1. The Bertz CT molecular complexity index is 1660. The summed E-state index contributed by atoms with van der Waals surface area (Å²) < 4.78 is 16.1. The summed E-state index contributed by atoms with van der Waals surface area (Å²) in [7, 11) is 0.